The van der Waals surface area contributed by atoms with Crippen molar-refractivity contribution < 1.29 is 14.2 Å². The molecule has 1 N–H and O–H groups in total. The normalized spacial score (nSPS) is 45.8. The molecule has 0 aliphatic heterocycles. The number of aliphatic hydroxyl groups excluding tert-OH is 1. The maximum absolute atomic E-state index is 13.1. The van der Waals surface area contributed by atoms with Crippen molar-refractivity contribution in [1.29, 1.82) is 0 Å². The number of aliphatic hydroxyl groups is 1. The Morgan fingerprint density at radius 3 is 2.55 bits per heavy atom. The van der Waals surface area contributed by atoms with Gasteiger partial charge in [-0.2, -0.15) is 0 Å². The molecule has 1 rings (SSSR count). The lowest BCUT2D eigenvalue weighted by Crippen LogP contribution is -2.42. The molecule has 1 aliphatic rings. The van der Waals surface area contributed by atoms with Crippen LogP contribution in [0.25, 0.3) is 0 Å². The van der Waals surface area contributed by atoms with Crippen LogP contribution in [0.5, 0.6) is 0 Å². The Balaban J connectivity index is 2.52. The van der Waals surface area contributed by atoms with Gasteiger partial charge in [-0.05, 0) is 18.8 Å². The van der Waals surface area contributed by atoms with E-state index in [4.69, 9.17) is 4.74 Å². The molecule has 0 amide bonds. The molecule has 4 unspecified atom stereocenters. The minimum absolute atomic E-state index is 0.270. The fourth-order valence-corrected chi connectivity index (χ4v) is 1.71. The van der Waals surface area contributed by atoms with E-state index in [2.05, 4.69) is 0 Å². The lowest BCUT2D eigenvalue weighted by atomic mass is 9.85. The average Bonchev–Trinajstić information content (AvgIpc) is 1.85. The standard InChI is InChI=1S/C8H15FO2/c1-5-3-6(9)8(11-2)7(10)4-5/h5-8,10H,3-4H2,1-2H3. The highest BCUT2D eigenvalue weighted by molar-refractivity contribution is 4.85. The van der Waals surface area contributed by atoms with Gasteiger partial charge in [-0.15, -0.1) is 0 Å². The van der Waals surface area contributed by atoms with Crippen molar-refractivity contribution in [3.8, 4) is 0 Å². The van der Waals surface area contributed by atoms with Crippen LogP contribution >= 0.6 is 0 Å². The van der Waals surface area contributed by atoms with E-state index in [-0.39, 0.29) is 5.92 Å². The van der Waals surface area contributed by atoms with E-state index in [1.807, 2.05) is 6.92 Å². The van der Waals surface area contributed by atoms with Gasteiger partial charge in [-0.1, -0.05) is 6.92 Å². The molecule has 0 radical (unpaired) electrons. The second-order valence-corrected chi connectivity index (χ2v) is 3.36. The summed E-state index contributed by atoms with van der Waals surface area (Å²) in [7, 11) is 1.44. The molecule has 1 saturated carbocycles. The molecule has 0 heterocycles. The number of hydrogen-bond donors (Lipinski definition) is 1. The van der Waals surface area contributed by atoms with E-state index >= 15 is 0 Å². The average molecular weight is 162 g/mol. The van der Waals surface area contributed by atoms with Crippen LogP contribution in [0.3, 0.4) is 0 Å². The fourth-order valence-electron chi connectivity index (χ4n) is 1.71. The van der Waals surface area contributed by atoms with Crippen LogP contribution in [0.2, 0.25) is 0 Å². The molecule has 1 aliphatic carbocycles. The molecule has 66 valence electrons. The van der Waals surface area contributed by atoms with Gasteiger partial charge in [0, 0.05) is 7.11 Å². The first-order valence-corrected chi connectivity index (χ1v) is 4.00. The topological polar surface area (TPSA) is 29.5 Å². The van der Waals surface area contributed by atoms with Crippen molar-refractivity contribution in [2.24, 2.45) is 5.92 Å². The molecule has 0 bridgehead atoms. The molecule has 0 spiro atoms. The van der Waals surface area contributed by atoms with Crippen LogP contribution in [0, 0.1) is 5.92 Å². The number of ether oxygens (including phenoxy) is 1. The van der Waals surface area contributed by atoms with Crippen molar-refractivity contribution in [2.45, 2.75) is 38.1 Å². The monoisotopic (exact) mass is 162 g/mol. The van der Waals surface area contributed by atoms with Crippen molar-refractivity contribution >= 4 is 0 Å². The Hall–Kier alpha value is -0.150. The van der Waals surface area contributed by atoms with Crippen molar-refractivity contribution in [1.82, 2.24) is 0 Å². The first kappa shape index (κ1) is 8.94. The van der Waals surface area contributed by atoms with E-state index in [9.17, 15) is 9.50 Å². The highest BCUT2D eigenvalue weighted by Gasteiger charge is 2.35. The summed E-state index contributed by atoms with van der Waals surface area (Å²) in [4.78, 5) is 0. The zero-order valence-corrected chi connectivity index (χ0v) is 6.96. The summed E-state index contributed by atoms with van der Waals surface area (Å²) in [5.41, 5.74) is 0. The summed E-state index contributed by atoms with van der Waals surface area (Å²) in [6.45, 7) is 1.95. The molecule has 1 fully saturated rings. The maximum Gasteiger partial charge on any atom is 0.129 e. The predicted octanol–water partition coefficient (Wildman–Crippen LogP) is 1.13. The van der Waals surface area contributed by atoms with Crippen molar-refractivity contribution in [3.63, 3.8) is 0 Å². The Labute approximate surface area is 66.4 Å². The fraction of sp³-hybridized carbons (Fsp3) is 1.00. The third-order valence-corrected chi connectivity index (χ3v) is 2.28. The number of halogens is 1. The number of alkyl halides is 1. The lowest BCUT2D eigenvalue weighted by Gasteiger charge is -2.33. The molecule has 2 nitrogen and oxygen atoms in total. The number of methoxy groups -OCH3 is 1. The van der Waals surface area contributed by atoms with Crippen LogP contribution in [0.15, 0.2) is 0 Å². The minimum Gasteiger partial charge on any atom is -0.390 e. The molecule has 4 atom stereocenters. The lowest BCUT2D eigenvalue weighted by molar-refractivity contribution is -0.0896. The van der Waals surface area contributed by atoms with E-state index in [1.54, 1.807) is 0 Å². The van der Waals surface area contributed by atoms with Crippen LogP contribution < -0.4 is 0 Å². The summed E-state index contributed by atoms with van der Waals surface area (Å²) in [6, 6.07) is 0. The zero-order valence-electron chi connectivity index (χ0n) is 6.96. The third-order valence-electron chi connectivity index (χ3n) is 2.28. The van der Waals surface area contributed by atoms with Gasteiger partial charge in [0.2, 0.25) is 0 Å². The number of rotatable bonds is 1. The van der Waals surface area contributed by atoms with Crippen LogP contribution in [0.1, 0.15) is 19.8 Å². The van der Waals surface area contributed by atoms with Gasteiger partial charge in [0.05, 0.1) is 6.10 Å². The van der Waals surface area contributed by atoms with Gasteiger partial charge in [-0.25, -0.2) is 4.39 Å². The van der Waals surface area contributed by atoms with Gasteiger partial charge in [-0.3, -0.25) is 0 Å². The molecule has 0 saturated heterocycles. The molecule has 0 aromatic heterocycles. The van der Waals surface area contributed by atoms with Crippen LogP contribution in [-0.2, 0) is 4.74 Å². The second-order valence-electron chi connectivity index (χ2n) is 3.36. The predicted molar refractivity (Wildman–Crippen MR) is 40.1 cm³/mol. The molecule has 11 heavy (non-hydrogen) atoms. The second kappa shape index (κ2) is 3.50. The summed E-state index contributed by atoms with van der Waals surface area (Å²) in [5.74, 6) is 0.270. The van der Waals surface area contributed by atoms with Gasteiger partial charge in [0.15, 0.2) is 0 Å². The van der Waals surface area contributed by atoms with Gasteiger partial charge in [0.25, 0.3) is 0 Å². The van der Waals surface area contributed by atoms with Crippen LogP contribution in [0.4, 0.5) is 4.39 Å². The van der Waals surface area contributed by atoms with E-state index in [0.29, 0.717) is 12.8 Å². The maximum atomic E-state index is 13.1. The molecular formula is C8H15FO2. The Morgan fingerprint density at radius 1 is 1.45 bits per heavy atom. The highest BCUT2D eigenvalue weighted by atomic mass is 19.1. The van der Waals surface area contributed by atoms with Crippen LogP contribution in [-0.4, -0.2) is 30.6 Å². The van der Waals surface area contributed by atoms with E-state index in [1.165, 1.54) is 7.11 Å². The van der Waals surface area contributed by atoms with E-state index in [0.717, 1.165) is 0 Å². The third kappa shape index (κ3) is 1.91. The summed E-state index contributed by atoms with van der Waals surface area (Å²) in [5, 5.41) is 9.34. The SMILES string of the molecule is COC1C(O)CC(C)CC1F. The van der Waals surface area contributed by atoms with Gasteiger partial charge in [0.1, 0.15) is 12.3 Å². The highest BCUT2D eigenvalue weighted by Crippen LogP contribution is 2.28. The summed E-state index contributed by atoms with van der Waals surface area (Å²) >= 11 is 0. The Bertz CT molecular complexity index is 117. The van der Waals surface area contributed by atoms with Gasteiger partial charge >= 0.3 is 0 Å². The number of hydrogen-bond acceptors (Lipinski definition) is 2. The first-order chi connectivity index (χ1) is 5.15. The Kier molecular flexibility index (Phi) is 2.84. The quantitative estimate of drug-likeness (QED) is 0.626. The molecule has 0 aromatic carbocycles. The Morgan fingerprint density at radius 2 is 2.09 bits per heavy atom. The largest absolute Gasteiger partial charge is 0.390 e. The molecule has 3 heteroatoms. The van der Waals surface area contributed by atoms with Crippen molar-refractivity contribution in [3.05, 3.63) is 0 Å². The minimum atomic E-state index is -1.00. The first-order valence-electron chi connectivity index (χ1n) is 4.00. The summed E-state index contributed by atoms with van der Waals surface area (Å²) in [6.07, 6.45) is -1.07. The summed E-state index contributed by atoms with van der Waals surface area (Å²) < 4.78 is 17.9. The zero-order chi connectivity index (χ0) is 8.43. The molecular weight excluding hydrogens is 147 g/mol. The van der Waals surface area contributed by atoms with Gasteiger partial charge < -0.3 is 9.84 Å². The van der Waals surface area contributed by atoms with E-state index < -0.39 is 18.4 Å². The van der Waals surface area contributed by atoms with Crippen molar-refractivity contribution in [2.75, 3.05) is 7.11 Å². The smallest absolute Gasteiger partial charge is 0.129 e. The molecule has 0 aromatic rings.